The van der Waals surface area contributed by atoms with Gasteiger partial charge in [0.1, 0.15) is 18.0 Å². The summed E-state index contributed by atoms with van der Waals surface area (Å²) in [5.74, 6) is 1.76. The van der Waals surface area contributed by atoms with Gasteiger partial charge >= 0.3 is 0 Å². The Bertz CT molecular complexity index is 376. The van der Waals surface area contributed by atoms with Crippen molar-refractivity contribution in [1.82, 2.24) is 30.2 Å². The van der Waals surface area contributed by atoms with Crippen LogP contribution in [0.3, 0.4) is 0 Å². The van der Waals surface area contributed by atoms with E-state index in [0.29, 0.717) is 0 Å². The number of anilines is 1. The van der Waals surface area contributed by atoms with Crippen LogP contribution in [-0.4, -0.2) is 36.7 Å². The van der Waals surface area contributed by atoms with Gasteiger partial charge in [0, 0.05) is 20.0 Å². The third kappa shape index (κ3) is 1.87. The highest BCUT2D eigenvalue weighted by atomic mass is 15.4. The Kier molecular flexibility index (Phi) is 2.39. The molecule has 0 aliphatic heterocycles. The van der Waals surface area contributed by atoms with Crippen LogP contribution >= 0.6 is 0 Å². The fourth-order valence-corrected chi connectivity index (χ4v) is 1.11. The molecule has 2 aromatic heterocycles. The maximum atomic E-state index is 4.01. The zero-order valence-corrected chi connectivity index (χ0v) is 7.80. The predicted molar refractivity (Wildman–Crippen MR) is 49.6 cm³/mol. The molecule has 7 heteroatoms. The summed E-state index contributed by atoms with van der Waals surface area (Å²) < 4.78 is 1.68. The van der Waals surface area contributed by atoms with Gasteiger partial charge in [0.05, 0.1) is 6.20 Å². The smallest absolute Gasteiger partial charge is 0.144 e. The third-order valence-electron chi connectivity index (χ3n) is 1.85. The summed E-state index contributed by atoms with van der Waals surface area (Å²) >= 11 is 0. The van der Waals surface area contributed by atoms with Crippen LogP contribution in [0.25, 0.3) is 0 Å². The van der Waals surface area contributed by atoms with Crippen molar-refractivity contribution in [3.05, 3.63) is 18.3 Å². The van der Waals surface area contributed by atoms with Gasteiger partial charge in [-0.1, -0.05) is 5.21 Å². The summed E-state index contributed by atoms with van der Waals surface area (Å²) in [6, 6.07) is 0. The molecule has 0 aromatic carbocycles. The Hall–Kier alpha value is -1.92. The van der Waals surface area contributed by atoms with Gasteiger partial charge < -0.3 is 5.32 Å². The number of hydrogen-bond donors (Lipinski definition) is 2. The van der Waals surface area contributed by atoms with Crippen molar-refractivity contribution in [1.29, 1.82) is 0 Å². The molecular formula is C7H11N7. The summed E-state index contributed by atoms with van der Waals surface area (Å²) in [6.07, 6.45) is 3.98. The lowest BCUT2D eigenvalue weighted by atomic mass is 10.4. The van der Waals surface area contributed by atoms with Gasteiger partial charge in [0.25, 0.3) is 0 Å². The van der Waals surface area contributed by atoms with E-state index in [-0.39, 0.29) is 0 Å². The lowest BCUT2D eigenvalue weighted by Gasteiger charge is -2.02. The molecular weight excluding hydrogens is 182 g/mol. The number of hydrogen-bond acceptors (Lipinski definition) is 5. The molecule has 74 valence electrons. The second-order valence-corrected chi connectivity index (χ2v) is 2.85. The molecule has 0 spiro atoms. The van der Waals surface area contributed by atoms with Gasteiger partial charge in [-0.2, -0.15) is 5.10 Å². The van der Waals surface area contributed by atoms with Crippen LogP contribution < -0.4 is 5.32 Å². The quantitative estimate of drug-likeness (QED) is 0.689. The highest BCUT2D eigenvalue weighted by Gasteiger charge is 1.99. The zero-order chi connectivity index (χ0) is 9.80. The molecule has 0 bridgehead atoms. The molecule has 0 atom stereocenters. The van der Waals surface area contributed by atoms with Crippen LogP contribution in [0.5, 0.6) is 0 Å². The predicted octanol–water partition coefficient (Wildman–Crippen LogP) is -0.412. The number of nitrogens with zero attached hydrogens (tertiary/aromatic N) is 5. The second-order valence-electron chi connectivity index (χ2n) is 2.85. The Balaban J connectivity index is 1.81. The number of nitrogens with one attached hydrogen (secondary N) is 2. The average Bonchev–Trinajstić information content (AvgIpc) is 2.78. The average molecular weight is 193 g/mol. The number of aromatic nitrogens is 6. The molecule has 0 radical (unpaired) electrons. The van der Waals surface area contributed by atoms with Gasteiger partial charge in [-0.25, -0.2) is 9.67 Å². The van der Waals surface area contributed by atoms with E-state index in [2.05, 4.69) is 30.8 Å². The first kappa shape index (κ1) is 8.67. The summed E-state index contributed by atoms with van der Waals surface area (Å²) in [4.78, 5) is 4.01. The summed E-state index contributed by atoms with van der Waals surface area (Å²) in [6.45, 7) is 0.774. The van der Waals surface area contributed by atoms with E-state index in [0.717, 1.165) is 24.6 Å². The van der Waals surface area contributed by atoms with Gasteiger partial charge in [-0.3, -0.25) is 5.10 Å². The van der Waals surface area contributed by atoms with Crippen molar-refractivity contribution in [3.8, 4) is 0 Å². The summed E-state index contributed by atoms with van der Waals surface area (Å²) in [5, 5.41) is 17.3. The monoisotopic (exact) mass is 193 g/mol. The molecule has 0 amide bonds. The van der Waals surface area contributed by atoms with Crippen LogP contribution in [0.1, 0.15) is 5.82 Å². The van der Waals surface area contributed by atoms with Gasteiger partial charge in [-0.15, -0.1) is 5.10 Å². The summed E-state index contributed by atoms with van der Waals surface area (Å²) in [7, 11) is 1.84. The van der Waals surface area contributed by atoms with E-state index >= 15 is 0 Å². The van der Waals surface area contributed by atoms with Crippen LogP contribution in [-0.2, 0) is 13.5 Å². The van der Waals surface area contributed by atoms with Crippen molar-refractivity contribution in [3.63, 3.8) is 0 Å². The number of H-pyrrole nitrogens is 1. The normalized spacial score (nSPS) is 10.4. The molecule has 0 unspecified atom stereocenters. The minimum atomic E-state index is 0.774. The lowest BCUT2D eigenvalue weighted by Crippen LogP contribution is -2.09. The van der Waals surface area contributed by atoms with E-state index in [9.17, 15) is 0 Å². The lowest BCUT2D eigenvalue weighted by molar-refractivity contribution is 0.716. The van der Waals surface area contributed by atoms with Crippen LogP contribution in [0, 0.1) is 0 Å². The second kappa shape index (κ2) is 3.86. The van der Waals surface area contributed by atoms with Gasteiger partial charge in [-0.05, 0) is 0 Å². The minimum absolute atomic E-state index is 0.774. The molecule has 2 N–H and O–H groups in total. The molecule has 7 nitrogen and oxygen atoms in total. The maximum absolute atomic E-state index is 4.01. The largest absolute Gasteiger partial charge is 0.368 e. The van der Waals surface area contributed by atoms with Crippen molar-refractivity contribution < 1.29 is 0 Å². The zero-order valence-electron chi connectivity index (χ0n) is 7.80. The third-order valence-corrected chi connectivity index (χ3v) is 1.85. The molecule has 2 heterocycles. The van der Waals surface area contributed by atoms with Crippen molar-refractivity contribution >= 4 is 5.82 Å². The Morgan fingerprint density at radius 3 is 3.14 bits per heavy atom. The van der Waals surface area contributed by atoms with Crippen LogP contribution in [0.2, 0.25) is 0 Å². The van der Waals surface area contributed by atoms with Crippen molar-refractivity contribution in [2.45, 2.75) is 6.42 Å². The van der Waals surface area contributed by atoms with E-state index in [1.807, 2.05) is 7.05 Å². The van der Waals surface area contributed by atoms with Gasteiger partial charge in [0.15, 0.2) is 0 Å². The molecule has 0 aliphatic carbocycles. The Morgan fingerprint density at radius 1 is 1.57 bits per heavy atom. The number of aromatic amines is 1. The minimum Gasteiger partial charge on any atom is -0.368 e. The highest BCUT2D eigenvalue weighted by molar-refractivity contribution is 5.30. The highest BCUT2D eigenvalue weighted by Crippen LogP contribution is 2.00. The first-order valence-corrected chi connectivity index (χ1v) is 4.29. The van der Waals surface area contributed by atoms with Crippen molar-refractivity contribution in [2.75, 3.05) is 11.9 Å². The Labute approximate surface area is 80.5 Å². The van der Waals surface area contributed by atoms with E-state index in [4.69, 9.17) is 0 Å². The number of aryl methyl sites for hydroxylation is 1. The van der Waals surface area contributed by atoms with Crippen molar-refractivity contribution in [2.24, 2.45) is 7.05 Å². The molecule has 0 saturated carbocycles. The van der Waals surface area contributed by atoms with Crippen LogP contribution in [0.4, 0.5) is 5.82 Å². The van der Waals surface area contributed by atoms with E-state index in [1.165, 1.54) is 6.33 Å². The van der Waals surface area contributed by atoms with Gasteiger partial charge in [0.2, 0.25) is 0 Å². The molecule has 0 saturated heterocycles. The Morgan fingerprint density at radius 2 is 2.50 bits per heavy atom. The molecule has 2 aromatic rings. The van der Waals surface area contributed by atoms with E-state index < -0.39 is 0 Å². The molecule has 2 rings (SSSR count). The van der Waals surface area contributed by atoms with Crippen LogP contribution in [0.15, 0.2) is 12.5 Å². The SMILES string of the molecule is Cn1nncc1NCCc1ncn[nH]1. The fraction of sp³-hybridized carbons (Fsp3) is 0.429. The number of rotatable bonds is 4. The maximum Gasteiger partial charge on any atom is 0.144 e. The molecule has 0 fully saturated rings. The fourth-order valence-electron chi connectivity index (χ4n) is 1.11. The van der Waals surface area contributed by atoms with E-state index in [1.54, 1.807) is 10.9 Å². The molecule has 14 heavy (non-hydrogen) atoms. The molecule has 0 aliphatic rings. The summed E-state index contributed by atoms with van der Waals surface area (Å²) in [5.41, 5.74) is 0. The first-order chi connectivity index (χ1) is 6.86. The standard InChI is InChI=1S/C7H11N7/c1-14-7(4-10-13-14)8-3-2-6-9-5-11-12-6/h4-5,8H,2-3H2,1H3,(H,9,11,12). The topological polar surface area (TPSA) is 84.3 Å². The first-order valence-electron chi connectivity index (χ1n) is 4.29.